The van der Waals surface area contributed by atoms with Gasteiger partial charge in [-0.3, -0.25) is 9.59 Å². The van der Waals surface area contributed by atoms with E-state index in [9.17, 15) is 9.59 Å². The van der Waals surface area contributed by atoms with Gasteiger partial charge in [0, 0.05) is 6.42 Å². The van der Waals surface area contributed by atoms with Gasteiger partial charge in [-0.25, -0.2) is 0 Å². The largest absolute Gasteiger partial charge is 0.459 e. The fraction of sp³-hybridized carbons (Fsp3) is 0.882. The van der Waals surface area contributed by atoms with Crippen LogP contribution in [0.4, 0.5) is 0 Å². The van der Waals surface area contributed by atoms with E-state index >= 15 is 0 Å². The molecule has 0 aliphatic carbocycles. The predicted octanol–water partition coefficient (Wildman–Crippen LogP) is 4.67. The van der Waals surface area contributed by atoms with Crippen molar-refractivity contribution in [2.24, 2.45) is 5.92 Å². The van der Waals surface area contributed by atoms with Gasteiger partial charge < -0.3 is 4.74 Å². The molecule has 118 valence electrons. The van der Waals surface area contributed by atoms with Gasteiger partial charge >= 0.3 is 5.97 Å². The van der Waals surface area contributed by atoms with Gasteiger partial charge in [0.25, 0.3) is 0 Å². The Morgan fingerprint density at radius 1 is 0.950 bits per heavy atom. The van der Waals surface area contributed by atoms with E-state index in [1.807, 2.05) is 20.8 Å². The van der Waals surface area contributed by atoms with Crippen molar-refractivity contribution in [3.05, 3.63) is 0 Å². The Balaban J connectivity index is 3.78. The average molecular weight is 284 g/mol. The predicted molar refractivity (Wildman–Crippen MR) is 82.6 cm³/mol. The molecule has 0 fully saturated rings. The molecule has 0 aromatic carbocycles. The summed E-state index contributed by atoms with van der Waals surface area (Å²) < 4.78 is 5.23. The van der Waals surface area contributed by atoms with E-state index in [4.69, 9.17) is 4.74 Å². The molecule has 20 heavy (non-hydrogen) atoms. The lowest BCUT2D eigenvalue weighted by atomic mass is 10.00. The lowest BCUT2D eigenvalue weighted by Crippen LogP contribution is -2.31. The van der Waals surface area contributed by atoms with Gasteiger partial charge in [-0.15, -0.1) is 0 Å². The second kappa shape index (κ2) is 9.95. The smallest absolute Gasteiger partial charge is 0.316 e. The van der Waals surface area contributed by atoms with Gasteiger partial charge in [0.2, 0.25) is 0 Å². The summed E-state index contributed by atoms with van der Waals surface area (Å²) in [6.07, 6.45) is 8.75. The van der Waals surface area contributed by atoms with E-state index in [-0.39, 0.29) is 5.78 Å². The highest BCUT2D eigenvalue weighted by molar-refractivity contribution is 5.98. The standard InChI is InChI=1S/C17H32O3/c1-6-7-8-9-10-11-12-13-15(18)14(2)16(19)20-17(3,4)5/h14H,6-13H2,1-5H3. The van der Waals surface area contributed by atoms with E-state index in [2.05, 4.69) is 6.92 Å². The maximum atomic E-state index is 11.9. The van der Waals surface area contributed by atoms with Crippen molar-refractivity contribution in [3.63, 3.8) is 0 Å². The molecule has 0 heterocycles. The van der Waals surface area contributed by atoms with Crippen LogP contribution >= 0.6 is 0 Å². The maximum absolute atomic E-state index is 11.9. The van der Waals surface area contributed by atoms with E-state index in [0.717, 1.165) is 12.8 Å². The fourth-order valence-corrected chi connectivity index (χ4v) is 1.99. The van der Waals surface area contributed by atoms with Crippen LogP contribution in [0.3, 0.4) is 0 Å². The molecule has 1 unspecified atom stereocenters. The topological polar surface area (TPSA) is 43.4 Å². The van der Waals surface area contributed by atoms with E-state index in [1.165, 1.54) is 32.1 Å². The summed E-state index contributed by atoms with van der Waals surface area (Å²) in [5.41, 5.74) is -0.523. The second-order valence-corrected chi connectivity index (χ2v) is 6.59. The van der Waals surface area contributed by atoms with Crippen molar-refractivity contribution in [1.82, 2.24) is 0 Å². The summed E-state index contributed by atoms with van der Waals surface area (Å²) in [4.78, 5) is 23.7. The number of carbonyl (C=O) groups is 2. The second-order valence-electron chi connectivity index (χ2n) is 6.59. The van der Waals surface area contributed by atoms with Crippen molar-refractivity contribution < 1.29 is 14.3 Å². The first-order valence-electron chi connectivity index (χ1n) is 8.03. The summed E-state index contributed by atoms with van der Waals surface area (Å²) in [5.74, 6) is -1.02. The summed E-state index contributed by atoms with van der Waals surface area (Å²) >= 11 is 0. The Hall–Kier alpha value is -0.860. The Morgan fingerprint density at radius 3 is 1.95 bits per heavy atom. The van der Waals surface area contributed by atoms with E-state index in [0.29, 0.717) is 6.42 Å². The highest BCUT2D eigenvalue weighted by Crippen LogP contribution is 2.15. The van der Waals surface area contributed by atoms with Crippen LogP contribution in [0, 0.1) is 5.92 Å². The number of esters is 1. The summed E-state index contributed by atoms with van der Waals surface area (Å²) in [7, 11) is 0. The molecule has 1 atom stereocenters. The molecular weight excluding hydrogens is 252 g/mol. The van der Waals surface area contributed by atoms with Crippen LogP contribution in [0.1, 0.15) is 86.0 Å². The summed E-state index contributed by atoms with van der Waals surface area (Å²) in [6.45, 7) is 9.31. The zero-order valence-electron chi connectivity index (χ0n) is 14.0. The van der Waals surface area contributed by atoms with Gasteiger partial charge in [0.15, 0.2) is 0 Å². The lowest BCUT2D eigenvalue weighted by Gasteiger charge is -2.21. The Bertz CT molecular complexity index is 289. The number of unbranched alkanes of at least 4 members (excludes halogenated alkanes) is 6. The number of carbonyl (C=O) groups excluding carboxylic acids is 2. The SMILES string of the molecule is CCCCCCCCCC(=O)C(C)C(=O)OC(C)(C)C. The molecule has 0 aliphatic heterocycles. The molecule has 0 bridgehead atoms. The third kappa shape index (κ3) is 9.99. The minimum absolute atomic E-state index is 0.00723. The third-order valence-electron chi connectivity index (χ3n) is 3.27. The van der Waals surface area contributed by atoms with Crippen LogP contribution in [0.15, 0.2) is 0 Å². The Labute approximate surface area is 124 Å². The van der Waals surface area contributed by atoms with Crippen LogP contribution in [-0.2, 0) is 14.3 Å². The van der Waals surface area contributed by atoms with Crippen LogP contribution in [0.2, 0.25) is 0 Å². The first-order chi connectivity index (χ1) is 9.28. The minimum atomic E-state index is -0.630. The number of rotatable bonds is 10. The fourth-order valence-electron chi connectivity index (χ4n) is 1.99. The highest BCUT2D eigenvalue weighted by atomic mass is 16.6. The molecule has 0 N–H and O–H groups in total. The molecule has 0 aliphatic rings. The average Bonchev–Trinajstić information content (AvgIpc) is 2.34. The maximum Gasteiger partial charge on any atom is 0.316 e. The van der Waals surface area contributed by atoms with Crippen LogP contribution in [0.25, 0.3) is 0 Å². The number of ketones is 1. The zero-order valence-corrected chi connectivity index (χ0v) is 14.0. The van der Waals surface area contributed by atoms with Gasteiger partial charge in [0.1, 0.15) is 17.3 Å². The lowest BCUT2D eigenvalue weighted by molar-refractivity contribution is -0.161. The van der Waals surface area contributed by atoms with Crippen molar-refractivity contribution in [3.8, 4) is 0 Å². The highest BCUT2D eigenvalue weighted by Gasteiger charge is 2.26. The van der Waals surface area contributed by atoms with Crippen molar-refractivity contribution in [1.29, 1.82) is 0 Å². The molecule has 0 saturated carbocycles. The Morgan fingerprint density at radius 2 is 1.45 bits per heavy atom. The van der Waals surface area contributed by atoms with E-state index in [1.54, 1.807) is 6.92 Å². The first kappa shape index (κ1) is 19.1. The monoisotopic (exact) mass is 284 g/mol. The zero-order chi connectivity index (χ0) is 15.6. The van der Waals surface area contributed by atoms with Gasteiger partial charge in [-0.05, 0) is 34.1 Å². The number of hydrogen-bond donors (Lipinski definition) is 0. The number of ether oxygens (including phenoxy) is 1. The molecular formula is C17H32O3. The van der Waals surface area contributed by atoms with Crippen LogP contribution in [0.5, 0.6) is 0 Å². The van der Waals surface area contributed by atoms with Crippen LogP contribution < -0.4 is 0 Å². The van der Waals surface area contributed by atoms with Crippen LogP contribution in [-0.4, -0.2) is 17.4 Å². The van der Waals surface area contributed by atoms with E-state index < -0.39 is 17.5 Å². The molecule has 3 heteroatoms. The molecule has 0 aromatic rings. The molecule has 0 aromatic heterocycles. The quantitative estimate of drug-likeness (QED) is 0.332. The van der Waals surface area contributed by atoms with Crippen molar-refractivity contribution >= 4 is 11.8 Å². The molecule has 0 saturated heterocycles. The van der Waals surface area contributed by atoms with Gasteiger partial charge in [0.05, 0.1) is 0 Å². The molecule has 0 spiro atoms. The Kier molecular flexibility index (Phi) is 9.52. The molecule has 0 amide bonds. The summed E-state index contributed by atoms with van der Waals surface area (Å²) in [6, 6.07) is 0. The molecule has 3 nitrogen and oxygen atoms in total. The normalized spacial score (nSPS) is 13.1. The van der Waals surface area contributed by atoms with Crippen molar-refractivity contribution in [2.75, 3.05) is 0 Å². The number of Topliss-reactive ketones (excluding diaryl/α,β-unsaturated/α-hetero) is 1. The third-order valence-corrected chi connectivity index (χ3v) is 3.27. The number of hydrogen-bond acceptors (Lipinski definition) is 3. The molecule has 0 rings (SSSR count). The summed E-state index contributed by atoms with van der Waals surface area (Å²) in [5, 5.41) is 0. The minimum Gasteiger partial charge on any atom is -0.459 e. The first-order valence-corrected chi connectivity index (χ1v) is 8.03. The van der Waals surface area contributed by atoms with Crippen molar-refractivity contribution in [2.45, 2.75) is 91.6 Å². The van der Waals surface area contributed by atoms with Gasteiger partial charge in [-0.1, -0.05) is 45.4 Å². The molecule has 0 radical (unpaired) electrons. The van der Waals surface area contributed by atoms with Gasteiger partial charge in [-0.2, -0.15) is 0 Å².